The first-order chi connectivity index (χ1) is 16.4. The predicted molar refractivity (Wildman–Crippen MR) is 108 cm³/mol. The van der Waals surface area contributed by atoms with Crippen LogP contribution in [0.3, 0.4) is 0 Å². The molecule has 0 amide bonds. The quantitative estimate of drug-likeness (QED) is 0.114. The van der Waals surface area contributed by atoms with Gasteiger partial charge in [0.25, 0.3) is 0 Å². The Morgan fingerprint density at radius 1 is 0.686 bits per heavy atom. The van der Waals surface area contributed by atoms with E-state index in [4.69, 9.17) is 5.73 Å². The van der Waals surface area contributed by atoms with Crippen LogP contribution in [0, 0.1) is 20.2 Å². The van der Waals surface area contributed by atoms with E-state index in [0.717, 1.165) is 0 Å². The zero-order valence-electron chi connectivity index (χ0n) is 19.0. The van der Waals surface area contributed by atoms with E-state index in [2.05, 4.69) is 33.9 Å². The minimum atomic E-state index is -3.65. The summed E-state index contributed by atoms with van der Waals surface area (Å²) in [7, 11) is 0. The molecule has 0 radical (unpaired) electrons. The van der Waals surface area contributed by atoms with Crippen LogP contribution in [0.5, 0.6) is 0 Å². The molecule has 18 nitrogen and oxygen atoms in total. The van der Waals surface area contributed by atoms with Gasteiger partial charge in [0.1, 0.15) is 0 Å². The third kappa shape index (κ3) is 4.89. The van der Waals surface area contributed by atoms with Crippen molar-refractivity contribution in [2.45, 2.75) is 38.8 Å². The number of anilines is 1. The summed E-state index contributed by atoms with van der Waals surface area (Å²) in [6.07, 6.45) is 0. The van der Waals surface area contributed by atoms with Crippen molar-refractivity contribution in [3.8, 4) is 0 Å². The van der Waals surface area contributed by atoms with Gasteiger partial charge in [0.2, 0.25) is 17.6 Å². The molecule has 0 saturated heterocycles. The molecule has 2 N–H and O–H groups in total. The first-order valence-electron chi connectivity index (χ1n) is 9.92. The standard InChI is InChI=1S/C17H22N6O12/c1-5-32-11(24)16(22(28)29,12(25)33-6-2)9-19-10(21-15(18)20-9)17(23(30)31,13(26)34-7-3)14(27)35-8-4/h5-8H2,1-4H3,(H2,18,19,20,21). The Labute approximate surface area is 196 Å². The van der Waals surface area contributed by atoms with Gasteiger partial charge in [-0.05, 0) is 27.7 Å². The first kappa shape index (κ1) is 28.5. The smallest absolute Gasteiger partial charge is 0.460 e. The zero-order valence-corrected chi connectivity index (χ0v) is 19.0. The summed E-state index contributed by atoms with van der Waals surface area (Å²) >= 11 is 0. The van der Waals surface area contributed by atoms with Gasteiger partial charge < -0.3 is 24.7 Å². The van der Waals surface area contributed by atoms with Crippen LogP contribution in [0.25, 0.3) is 0 Å². The molecule has 0 atom stereocenters. The number of carbonyl (C=O) groups excluding carboxylic acids is 4. The fourth-order valence-corrected chi connectivity index (χ4v) is 2.65. The van der Waals surface area contributed by atoms with Gasteiger partial charge in [-0.1, -0.05) is 0 Å². The van der Waals surface area contributed by atoms with Crippen LogP contribution < -0.4 is 5.73 Å². The van der Waals surface area contributed by atoms with Crippen LogP contribution in [0.4, 0.5) is 5.95 Å². The van der Waals surface area contributed by atoms with Crippen LogP contribution in [0.2, 0.25) is 0 Å². The molecule has 0 unspecified atom stereocenters. The summed E-state index contributed by atoms with van der Waals surface area (Å²) in [6, 6.07) is 0. The van der Waals surface area contributed by atoms with Crippen molar-refractivity contribution < 1.29 is 48.0 Å². The summed E-state index contributed by atoms with van der Waals surface area (Å²) < 4.78 is 18.5. The normalized spacial score (nSPS) is 11.2. The molecule has 0 bridgehead atoms. The topological polar surface area (TPSA) is 256 Å². The molecule has 0 aliphatic rings. The third-order valence-electron chi connectivity index (χ3n) is 4.13. The lowest BCUT2D eigenvalue weighted by Crippen LogP contribution is -2.56. The number of nitrogen functional groups attached to an aromatic ring is 1. The van der Waals surface area contributed by atoms with Gasteiger partial charge in [-0.15, -0.1) is 0 Å². The maximum atomic E-state index is 12.7. The van der Waals surface area contributed by atoms with E-state index in [9.17, 15) is 39.4 Å². The molecule has 1 aromatic rings. The zero-order chi connectivity index (χ0) is 27.0. The number of carbonyl (C=O) groups is 4. The van der Waals surface area contributed by atoms with Crippen molar-refractivity contribution in [1.82, 2.24) is 15.0 Å². The van der Waals surface area contributed by atoms with Crippen LogP contribution in [-0.2, 0) is 49.2 Å². The average molecular weight is 502 g/mol. The Bertz CT molecular complexity index is 917. The van der Waals surface area contributed by atoms with Crippen LogP contribution >= 0.6 is 0 Å². The fraction of sp³-hybridized carbons (Fsp3) is 0.588. The number of aromatic nitrogens is 3. The number of hydrogen-bond acceptors (Lipinski definition) is 16. The molecule has 192 valence electrons. The van der Waals surface area contributed by atoms with E-state index in [1.807, 2.05) is 0 Å². The van der Waals surface area contributed by atoms with Gasteiger partial charge in [-0.3, -0.25) is 20.2 Å². The van der Waals surface area contributed by atoms with Crippen LogP contribution in [-0.4, -0.2) is 75.1 Å². The van der Waals surface area contributed by atoms with E-state index in [-0.39, 0.29) is 0 Å². The highest BCUT2D eigenvalue weighted by molar-refractivity contribution is 6.04. The number of esters is 4. The Balaban J connectivity index is 4.19. The summed E-state index contributed by atoms with van der Waals surface area (Å²) in [5.41, 5.74) is -1.77. The molecule has 18 heteroatoms. The lowest BCUT2D eigenvalue weighted by Gasteiger charge is -2.23. The van der Waals surface area contributed by atoms with Crippen molar-refractivity contribution in [2.75, 3.05) is 32.2 Å². The molecule has 0 saturated carbocycles. The van der Waals surface area contributed by atoms with Crippen LogP contribution in [0.1, 0.15) is 39.3 Å². The minimum absolute atomic E-state index is 0.453. The second-order valence-electron chi connectivity index (χ2n) is 6.16. The van der Waals surface area contributed by atoms with E-state index < -0.39 is 88.8 Å². The number of rotatable bonds is 12. The van der Waals surface area contributed by atoms with Crippen molar-refractivity contribution in [1.29, 1.82) is 0 Å². The Morgan fingerprint density at radius 3 is 1.14 bits per heavy atom. The molecule has 1 aromatic heterocycles. The second-order valence-corrected chi connectivity index (χ2v) is 6.16. The Kier molecular flexibility index (Phi) is 9.43. The van der Waals surface area contributed by atoms with Gasteiger partial charge in [0, 0.05) is 0 Å². The molecule has 1 heterocycles. The fourth-order valence-electron chi connectivity index (χ4n) is 2.65. The van der Waals surface area contributed by atoms with E-state index in [1.54, 1.807) is 0 Å². The van der Waals surface area contributed by atoms with E-state index in [0.29, 0.717) is 0 Å². The van der Waals surface area contributed by atoms with Gasteiger partial charge >= 0.3 is 35.0 Å². The molecular weight excluding hydrogens is 480 g/mol. The predicted octanol–water partition coefficient (Wildman–Crippen LogP) is -1.35. The number of nitrogens with two attached hydrogens (primary N) is 1. The van der Waals surface area contributed by atoms with Crippen LogP contribution in [0.15, 0.2) is 0 Å². The lowest BCUT2D eigenvalue weighted by atomic mass is 9.97. The second kappa shape index (κ2) is 11.6. The molecule has 0 fully saturated rings. The Morgan fingerprint density at radius 2 is 0.943 bits per heavy atom. The van der Waals surface area contributed by atoms with Gasteiger partial charge in [0.05, 0.1) is 36.3 Å². The summed E-state index contributed by atoms with van der Waals surface area (Å²) in [5, 5.41) is 24.2. The maximum Gasteiger partial charge on any atom is 0.468 e. The summed E-state index contributed by atoms with van der Waals surface area (Å²) in [5.74, 6) is -11.2. The monoisotopic (exact) mass is 502 g/mol. The van der Waals surface area contributed by atoms with Gasteiger partial charge in [-0.25, -0.2) is 24.2 Å². The summed E-state index contributed by atoms with van der Waals surface area (Å²) in [6.45, 7) is 3.25. The van der Waals surface area contributed by atoms with E-state index >= 15 is 0 Å². The largest absolute Gasteiger partial charge is 0.468 e. The van der Waals surface area contributed by atoms with Crippen molar-refractivity contribution in [3.05, 3.63) is 31.9 Å². The number of hydrogen-bond donors (Lipinski definition) is 1. The molecule has 0 aromatic carbocycles. The van der Waals surface area contributed by atoms with E-state index in [1.165, 1.54) is 27.7 Å². The highest BCUT2D eigenvalue weighted by Crippen LogP contribution is 2.31. The minimum Gasteiger partial charge on any atom is -0.460 e. The van der Waals surface area contributed by atoms with Gasteiger partial charge in [-0.2, -0.15) is 9.97 Å². The maximum absolute atomic E-state index is 12.7. The highest BCUT2D eigenvalue weighted by atomic mass is 16.7. The molecular formula is C17H22N6O12. The lowest BCUT2D eigenvalue weighted by molar-refractivity contribution is -0.554. The molecule has 0 spiro atoms. The average Bonchev–Trinajstić information content (AvgIpc) is 2.74. The van der Waals surface area contributed by atoms with Gasteiger partial charge in [0.15, 0.2) is 0 Å². The first-order valence-corrected chi connectivity index (χ1v) is 9.92. The number of nitrogens with zero attached hydrogens (tertiary/aromatic N) is 5. The summed E-state index contributed by atoms with van der Waals surface area (Å²) in [4.78, 5) is 82.2. The number of nitro groups is 2. The Hall–Kier alpha value is -4.51. The highest BCUT2D eigenvalue weighted by Gasteiger charge is 2.70. The third-order valence-corrected chi connectivity index (χ3v) is 4.13. The molecule has 0 aliphatic carbocycles. The molecule has 0 aliphatic heterocycles. The molecule has 1 rings (SSSR count). The SMILES string of the molecule is CCOC(=O)C(C(=O)OCC)(c1nc(N)nc(C(C(=O)OCC)(C(=O)OCC)[N+](=O)[O-])n1)[N+](=O)[O-]. The van der Waals surface area contributed by atoms with Crippen molar-refractivity contribution in [2.24, 2.45) is 0 Å². The van der Waals surface area contributed by atoms with Crippen molar-refractivity contribution in [3.63, 3.8) is 0 Å². The number of ether oxygens (including phenoxy) is 4. The molecule has 35 heavy (non-hydrogen) atoms. The van der Waals surface area contributed by atoms with Crippen molar-refractivity contribution >= 4 is 29.8 Å².